The molecule has 0 rings (SSSR count). The Morgan fingerprint density at radius 1 is 1.42 bits per heavy atom. The molecule has 0 spiro atoms. The van der Waals surface area contributed by atoms with Crippen molar-refractivity contribution in [1.82, 2.24) is 10.5 Å². The van der Waals surface area contributed by atoms with Crippen molar-refractivity contribution >= 4 is 5.91 Å². The highest BCUT2D eigenvalue weighted by atomic mass is 16.5. The molecule has 0 aromatic heterocycles. The quantitative estimate of drug-likeness (QED) is 0.310. The van der Waals surface area contributed by atoms with Gasteiger partial charge in [0.15, 0.2) is 0 Å². The van der Waals surface area contributed by atoms with Crippen LogP contribution in [0.1, 0.15) is 26.2 Å². The van der Waals surface area contributed by atoms with Gasteiger partial charge in [0.2, 0.25) is 5.91 Å². The second-order valence-corrected chi connectivity index (χ2v) is 2.61. The number of hydrogen-bond acceptors (Lipinski definition) is 4. The van der Waals surface area contributed by atoms with Crippen LogP contribution >= 0.6 is 0 Å². The first kappa shape index (κ1) is 11.4. The molecular formula is C7H16N2O3. The number of nitrogens with zero attached hydrogens (tertiary/aromatic N) is 1. The first-order chi connectivity index (χ1) is 5.68. The summed E-state index contributed by atoms with van der Waals surface area (Å²) in [5.41, 5.74) is 2.04. The van der Waals surface area contributed by atoms with E-state index in [1.807, 2.05) is 5.48 Å². The molecule has 0 radical (unpaired) electrons. The smallest absolute Gasteiger partial charge is 0.242 e. The van der Waals surface area contributed by atoms with Crippen molar-refractivity contribution in [2.24, 2.45) is 0 Å². The van der Waals surface area contributed by atoms with Gasteiger partial charge in [-0.3, -0.25) is 10.0 Å². The maximum Gasteiger partial charge on any atom is 0.242 e. The Balaban J connectivity index is 3.14. The molecule has 12 heavy (non-hydrogen) atoms. The molecule has 0 unspecified atom stereocenters. The third-order valence-electron chi connectivity index (χ3n) is 1.52. The molecule has 0 saturated heterocycles. The van der Waals surface area contributed by atoms with Crippen LogP contribution in [-0.4, -0.2) is 34.5 Å². The molecule has 0 aliphatic rings. The zero-order chi connectivity index (χ0) is 9.40. The van der Waals surface area contributed by atoms with Gasteiger partial charge in [0.1, 0.15) is 0 Å². The summed E-state index contributed by atoms with van der Waals surface area (Å²) in [4.78, 5) is 10.5. The van der Waals surface area contributed by atoms with Crippen molar-refractivity contribution in [2.75, 3.05) is 13.1 Å². The molecule has 0 aromatic carbocycles. The van der Waals surface area contributed by atoms with Crippen molar-refractivity contribution in [3.8, 4) is 0 Å². The van der Waals surface area contributed by atoms with Crippen molar-refractivity contribution in [2.45, 2.75) is 26.2 Å². The molecule has 0 aliphatic heterocycles. The van der Waals surface area contributed by atoms with Gasteiger partial charge in [0, 0.05) is 20.0 Å². The molecule has 5 heteroatoms. The minimum Gasteiger partial charge on any atom is -0.317 e. The fraction of sp³-hybridized carbons (Fsp3) is 0.857. The van der Waals surface area contributed by atoms with Gasteiger partial charge in [0.25, 0.3) is 0 Å². The SMILES string of the molecule is CC(=O)N(O)CCCCCNO. The summed E-state index contributed by atoms with van der Waals surface area (Å²) in [6.07, 6.45) is 2.46. The zero-order valence-corrected chi connectivity index (χ0v) is 7.29. The van der Waals surface area contributed by atoms with E-state index >= 15 is 0 Å². The predicted molar refractivity (Wildman–Crippen MR) is 42.8 cm³/mol. The minimum atomic E-state index is -0.338. The van der Waals surface area contributed by atoms with Crippen molar-refractivity contribution in [3.05, 3.63) is 0 Å². The maximum atomic E-state index is 10.5. The van der Waals surface area contributed by atoms with E-state index in [4.69, 9.17) is 10.4 Å². The third-order valence-corrected chi connectivity index (χ3v) is 1.52. The topological polar surface area (TPSA) is 72.8 Å². The summed E-state index contributed by atoms with van der Waals surface area (Å²) in [5.74, 6) is -0.338. The molecule has 1 amide bonds. The Hall–Kier alpha value is -0.650. The molecule has 0 aromatic rings. The van der Waals surface area contributed by atoms with Crippen molar-refractivity contribution in [1.29, 1.82) is 0 Å². The molecule has 5 nitrogen and oxygen atoms in total. The fourth-order valence-electron chi connectivity index (χ4n) is 0.800. The summed E-state index contributed by atoms with van der Waals surface area (Å²) in [6.45, 7) is 2.22. The Bertz CT molecular complexity index is 130. The Morgan fingerprint density at radius 3 is 2.58 bits per heavy atom. The average Bonchev–Trinajstić information content (AvgIpc) is 2.03. The number of unbranched alkanes of at least 4 members (excludes halogenated alkanes) is 2. The van der Waals surface area contributed by atoms with E-state index in [-0.39, 0.29) is 5.91 Å². The zero-order valence-electron chi connectivity index (χ0n) is 7.29. The number of nitrogens with one attached hydrogen (secondary N) is 1. The van der Waals surface area contributed by atoms with E-state index in [0.29, 0.717) is 18.2 Å². The van der Waals surface area contributed by atoms with Gasteiger partial charge in [0.05, 0.1) is 0 Å². The van der Waals surface area contributed by atoms with Gasteiger partial charge in [-0.05, 0) is 12.8 Å². The molecule has 0 bridgehead atoms. The summed E-state index contributed by atoms with van der Waals surface area (Å²) in [6, 6.07) is 0. The van der Waals surface area contributed by atoms with Gasteiger partial charge < -0.3 is 5.21 Å². The standard InChI is InChI=1S/C7H16N2O3/c1-7(10)9(12)6-4-2-3-5-8-11/h8,11-12H,2-6H2,1H3. The first-order valence-electron chi connectivity index (χ1n) is 4.02. The van der Waals surface area contributed by atoms with Gasteiger partial charge in [-0.2, -0.15) is 0 Å². The van der Waals surface area contributed by atoms with Crippen LogP contribution in [0.5, 0.6) is 0 Å². The Kier molecular flexibility index (Phi) is 6.64. The second kappa shape index (κ2) is 7.02. The molecule has 72 valence electrons. The number of carbonyl (C=O) groups is 1. The normalized spacial score (nSPS) is 9.92. The summed E-state index contributed by atoms with van der Waals surface area (Å²) in [5, 5.41) is 17.8. The maximum absolute atomic E-state index is 10.5. The van der Waals surface area contributed by atoms with Gasteiger partial charge in [-0.25, -0.2) is 10.5 Å². The lowest BCUT2D eigenvalue weighted by atomic mass is 10.2. The van der Waals surface area contributed by atoms with Gasteiger partial charge >= 0.3 is 0 Å². The number of amides is 1. The number of hydroxylamine groups is 3. The van der Waals surface area contributed by atoms with E-state index < -0.39 is 0 Å². The minimum absolute atomic E-state index is 0.338. The van der Waals surface area contributed by atoms with E-state index in [1.165, 1.54) is 6.92 Å². The molecule has 3 N–H and O–H groups in total. The van der Waals surface area contributed by atoms with Gasteiger partial charge in [-0.15, -0.1) is 0 Å². The van der Waals surface area contributed by atoms with E-state index in [0.717, 1.165) is 19.3 Å². The highest BCUT2D eigenvalue weighted by molar-refractivity contribution is 5.71. The van der Waals surface area contributed by atoms with Crippen LogP contribution in [0.2, 0.25) is 0 Å². The molecule has 0 aliphatic carbocycles. The first-order valence-corrected chi connectivity index (χ1v) is 4.02. The van der Waals surface area contributed by atoms with E-state index in [1.54, 1.807) is 0 Å². The highest BCUT2D eigenvalue weighted by Gasteiger charge is 2.02. The molecular weight excluding hydrogens is 160 g/mol. The largest absolute Gasteiger partial charge is 0.317 e. The van der Waals surface area contributed by atoms with Crippen LogP contribution in [0.3, 0.4) is 0 Å². The van der Waals surface area contributed by atoms with E-state index in [9.17, 15) is 4.79 Å². The lowest BCUT2D eigenvalue weighted by Crippen LogP contribution is -2.25. The predicted octanol–water partition coefficient (Wildman–Crippen LogP) is 0.373. The van der Waals surface area contributed by atoms with Crippen molar-refractivity contribution < 1.29 is 15.2 Å². The number of hydrogen-bond donors (Lipinski definition) is 3. The van der Waals surface area contributed by atoms with Crippen LogP contribution in [0.25, 0.3) is 0 Å². The van der Waals surface area contributed by atoms with Crippen LogP contribution in [0.15, 0.2) is 0 Å². The monoisotopic (exact) mass is 176 g/mol. The van der Waals surface area contributed by atoms with Crippen LogP contribution in [-0.2, 0) is 4.79 Å². The molecule has 0 saturated carbocycles. The molecule has 0 heterocycles. The highest BCUT2D eigenvalue weighted by Crippen LogP contribution is 1.96. The second-order valence-electron chi connectivity index (χ2n) is 2.61. The molecule has 0 atom stereocenters. The summed E-state index contributed by atoms with van der Waals surface area (Å²) >= 11 is 0. The van der Waals surface area contributed by atoms with Crippen LogP contribution in [0, 0.1) is 0 Å². The summed E-state index contributed by atoms with van der Waals surface area (Å²) < 4.78 is 0. The Morgan fingerprint density at radius 2 is 2.08 bits per heavy atom. The number of carbonyl (C=O) groups excluding carboxylic acids is 1. The fourth-order valence-corrected chi connectivity index (χ4v) is 0.800. The lowest BCUT2D eigenvalue weighted by Gasteiger charge is -2.11. The van der Waals surface area contributed by atoms with E-state index in [2.05, 4.69) is 0 Å². The van der Waals surface area contributed by atoms with Crippen molar-refractivity contribution in [3.63, 3.8) is 0 Å². The van der Waals surface area contributed by atoms with Crippen LogP contribution in [0.4, 0.5) is 0 Å². The summed E-state index contributed by atoms with van der Waals surface area (Å²) in [7, 11) is 0. The average molecular weight is 176 g/mol. The third kappa shape index (κ3) is 6.09. The number of rotatable bonds is 6. The molecule has 0 fully saturated rings. The van der Waals surface area contributed by atoms with Crippen LogP contribution < -0.4 is 5.48 Å². The van der Waals surface area contributed by atoms with Gasteiger partial charge in [-0.1, -0.05) is 6.42 Å². The lowest BCUT2D eigenvalue weighted by molar-refractivity contribution is -0.162. The Labute approximate surface area is 71.9 Å².